The molecule has 0 aromatic heterocycles. The highest BCUT2D eigenvalue weighted by Gasteiger charge is 2.12. The highest BCUT2D eigenvalue weighted by atomic mass is 16.4. The van der Waals surface area contributed by atoms with Crippen molar-refractivity contribution in [2.24, 2.45) is 5.11 Å². The number of azide groups is 1. The van der Waals surface area contributed by atoms with Gasteiger partial charge >= 0.3 is 5.97 Å². The first kappa shape index (κ1) is 8.25. The first-order chi connectivity index (χ1) is 4.72. The van der Waals surface area contributed by atoms with E-state index in [4.69, 9.17) is 10.6 Å². The van der Waals surface area contributed by atoms with E-state index in [1.165, 1.54) is 0 Å². The third-order valence-electron chi connectivity index (χ3n) is 0.627. The molecule has 2 N–H and O–H groups in total. The van der Waals surface area contributed by atoms with E-state index >= 15 is 0 Å². The molecule has 0 aromatic rings. The van der Waals surface area contributed by atoms with Gasteiger partial charge < -0.3 is 10.4 Å². The average Bonchev–Trinajstić information content (AvgIpc) is 1.87. The standard InChI is InChI=1S/C3H4N4O3/c4-7-6-2(3(9)10)5-1-8/h1-2H,(H,5,8)(H,9,10). The maximum atomic E-state index is 9.99. The van der Waals surface area contributed by atoms with Crippen LogP contribution in [0, 0.1) is 0 Å². The molecule has 54 valence electrons. The summed E-state index contributed by atoms with van der Waals surface area (Å²) in [6.07, 6.45) is -1.37. The van der Waals surface area contributed by atoms with Crippen molar-refractivity contribution in [3.8, 4) is 0 Å². The van der Waals surface area contributed by atoms with Crippen molar-refractivity contribution >= 4 is 12.4 Å². The third kappa shape index (κ3) is 2.53. The van der Waals surface area contributed by atoms with Crippen LogP contribution in [-0.2, 0) is 9.59 Å². The van der Waals surface area contributed by atoms with Crippen molar-refractivity contribution in [3.63, 3.8) is 0 Å². The Balaban J connectivity index is 4.10. The molecule has 0 radical (unpaired) electrons. The Bertz CT molecular complexity index is 182. The number of rotatable bonds is 4. The fourth-order valence-corrected chi connectivity index (χ4v) is 0.270. The predicted molar refractivity (Wildman–Crippen MR) is 29.8 cm³/mol. The number of hydrogen-bond acceptors (Lipinski definition) is 3. The molecule has 0 spiro atoms. The number of carbonyl (C=O) groups is 2. The third-order valence-corrected chi connectivity index (χ3v) is 0.627. The summed E-state index contributed by atoms with van der Waals surface area (Å²) < 4.78 is 0. The molecule has 0 aromatic carbocycles. The van der Waals surface area contributed by atoms with Crippen molar-refractivity contribution in [1.29, 1.82) is 0 Å². The smallest absolute Gasteiger partial charge is 0.332 e. The summed E-state index contributed by atoms with van der Waals surface area (Å²) in [4.78, 5) is 21.8. The van der Waals surface area contributed by atoms with Crippen LogP contribution in [0.2, 0.25) is 0 Å². The van der Waals surface area contributed by atoms with E-state index in [0.717, 1.165) is 0 Å². The minimum atomic E-state index is -1.51. The topological polar surface area (TPSA) is 115 Å². The van der Waals surface area contributed by atoms with Crippen LogP contribution in [0.4, 0.5) is 0 Å². The maximum Gasteiger partial charge on any atom is 0.332 e. The van der Waals surface area contributed by atoms with Gasteiger partial charge in [0, 0.05) is 4.91 Å². The maximum absolute atomic E-state index is 9.99. The number of carboxylic acid groups (broad SMARTS) is 1. The van der Waals surface area contributed by atoms with Crippen LogP contribution in [0.3, 0.4) is 0 Å². The van der Waals surface area contributed by atoms with Gasteiger partial charge in [-0.1, -0.05) is 5.11 Å². The van der Waals surface area contributed by atoms with Crippen molar-refractivity contribution in [2.75, 3.05) is 0 Å². The summed E-state index contributed by atoms with van der Waals surface area (Å²) in [5.74, 6) is -1.40. The van der Waals surface area contributed by atoms with Gasteiger partial charge in [0.1, 0.15) is 0 Å². The highest BCUT2D eigenvalue weighted by molar-refractivity contribution is 5.75. The lowest BCUT2D eigenvalue weighted by atomic mass is 10.5. The molecule has 0 saturated heterocycles. The quantitative estimate of drug-likeness (QED) is 0.238. The van der Waals surface area contributed by atoms with Gasteiger partial charge in [0.25, 0.3) is 0 Å². The Labute approximate surface area is 55.3 Å². The molecule has 10 heavy (non-hydrogen) atoms. The predicted octanol–water partition coefficient (Wildman–Crippen LogP) is -0.547. The van der Waals surface area contributed by atoms with Crippen LogP contribution in [-0.4, -0.2) is 23.7 Å². The van der Waals surface area contributed by atoms with E-state index in [9.17, 15) is 9.59 Å². The lowest BCUT2D eigenvalue weighted by Crippen LogP contribution is -2.33. The van der Waals surface area contributed by atoms with E-state index in [1.54, 1.807) is 5.32 Å². The van der Waals surface area contributed by atoms with Crippen LogP contribution in [0.25, 0.3) is 10.4 Å². The van der Waals surface area contributed by atoms with E-state index in [0.29, 0.717) is 0 Å². The molecule has 0 aliphatic heterocycles. The fourth-order valence-electron chi connectivity index (χ4n) is 0.270. The zero-order valence-electron chi connectivity index (χ0n) is 4.76. The van der Waals surface area contributed by atoms with Gasteiger partial charge in [0.05, 0.1) is 0 Å². The summed E-state index contributed by atoms with van der Waals surface area (Å²) in [7, 11) is 0. The molecule has 7 heteroatoms. The monoisotopic (exact) mass is 144 g/mol. The van der Waals surface area contributed by atoms with Crippen molar-refractivity contribution in [2.45, 2.75) is 6.17 Å². The Hall–Kier alpha value is -1.75. The molecule has 1 amide bonds. The Morgan fingerprint density at radius 2 is 2.50 bits per heavy atom. The van der Waals surface area contributed by atoms with Gasteiger partial charge in [0.2, 0.25) is 12.6 Å². The number of aliphatic carboxylic acids is 1. The normalized spacial score (nSPS) is 10.8. The zero-order valence-corrected chi connectivity index (χ0v) is 4.76. The summed E-state index contributed by atoms with van der Waals surface area (Å²) in [5.41, 5.74) is 7.75. The van der Waals surface area contributed by atoms with Crippen LogP contribution in [0.5, 0.6) is 0 Å². The Morgan fingerprint density at radius 1 is 1.90 bits per heavy atom. The van der Waals surface area contributed by atoms with Gasteiger partial charge in [-0.25, -0.2) is 4.79 Å². The molecule has 1 atom stereocenters. The number of carbonyl (C=O) groups excluding carboxylic acids is 1. The van der Waals surface area contributed by atoms with Gasteiger partial charge in [-0.05, 0) is 5.53 Å². The molecule has 0 fully saturated rings. The number of nitrogens with one attached hydrogen (secondary N) is 1. The first-order valence-electron chi connectivity index (χ1n) is 2.19. The summed E-state index contributed by atoms with van der Waals surface area (Å²) in [5, 5.41) is 12.7. The molecule has 0 aliphatic carbocycles. The molecule has 0 heterocycles. The number of nitrogens with zero attached hydrogens (tertiary/aromatic N) is 3. The second-order valence-electron chi connectivity index (χ2n) is 1.23. The molecular formula is C3H4N4O3. The van der Waals surface area contributed by atoms with Gasteiger partial charge in [-0.3, -0.25) is 4.79 Å². The number of carboxylic acids is 1. The second-order valence-corrected chi connectivity index (χ2v) is 1.23. The molecule has 1 unspecified atom stereocenters. The molecular weight excluding hydrogens is 140 g/mol. The molecule has 0 bridgehead atoms. The first-order valence-corrected chi connectivity index (χ1v) is 2.19. The molecule has 0 rings (SSSR count). The van der Waals surface area contributed by atoms with Gasteiger partial charge in [0.15, 0.2) is 0 Å². The minimum absolute atomic E-state index is 0.146. The van der Waals surface area contributed by atoms with Crippen LogP contribution in [0.1, 0.15) is 0 Å². The largest absolute Gasteiger partial charge is 0.480 e. The average molecular weight is 144 g/mol. The van der Waals surface area contributed by atoms with Crippen molar-refractivity contribution in [3.05, 3.63) is 10.4 Å². The Morgan fingerprint density at radius 3 is 2.80 bits per heavy atom. The second kappa shape index (κ2) is 4.16. The van der Waals surface area contributed by atoms with E-state index in [-0.39, 0.29) is 6.41 Å². The SMILES string of the molecule is [N-]=[N+]=NC(NC=O)C(=O)O. The molecule has 0 aliphatic rings. The molecule has 0 saturated carbocycles. The van der Waals surface area contributed by atoms with Crippen molar-refractivity contribution < 1.29 is 14.7 Å². The summed E-state index contributed by atoms with van der Waals surface area (Å²) in [6.45, 7) is 0. The van der Waals surface area contributed by atoms with Crippen LogP contribution in [0.15, 0.2) is 5.11 Å². The fraction of sp³-hybridized carbons (Fsp3) is 0.333. The van der Waals surface area contributed by atoms with Gasteiger partial charge in [-0.15, -0.1) is 0 Å². The minimum Gasteiger partial charge on any atom is -0.480 e. The zero-order chi connectivity index (χ0) is 7.98. The van der Waals surface area contributed by atoms with E-state index in [2.05, 4.69) is 10.0 Å². The van der Waals surface area contributed by atoms with Crippen molar-refractivity contribution in [1.82, 2.24) is 5.32 Å². The van der Waals surface area contributed by atoms with Crippen LogP contribution >= 0.6 is 0 Å². The lowest BCUT2D eigenvalue weighted by molar-refractivity contribution is -0.140. The van der Waals surface area contributed by atoms with Gasteiger partial charge in [-0.2, -0.15) is 0 Å². The lowest BCUT2D eigenvalue weighted by Gasteiger charge is -2.00. The van der Waals surface area contributed by atoms with E-state index in [1.807, 2.05) is 0 Å². The number of amides is 1. The van der Waals surface area contributed by atoms with Crippen LogP contribution < -0.4 is 5.32 Å². The van der Waals surface area contributed by atoms with E-state index < -0.39 is 12.1 Å². The Kier molecular flexibility index (Phi) is 3.43. The number of hydrogen-bond donors (Lipinski definition) is 2. The summed E-state index contributed by atoms with van der Waals surface area (Å²) >= 11 is 0. The molecule has 7 nitrogen and oxygen atoms in total. The summed E-state index contributed by atoms with van der Waals surface area (Å²) in [6, 6.07) is 0. The highest BCUT2D eigenvalue weighted by Crippen LogP contribution is 1.83.